The van der Waals surface area contributed by atoms with Gasteiger partial charge in [0.25, 0.3) is 0 Å². The number of ether oxygens (including phenoxy) is 7. The van der Waals surface area contributed by atoms with E-state index in [9.17, 15) is 14.7 Å². The molecule has 4 rings (SSSR count). The molecule has 0 bridgehead atoms. The van der Waals surface area contributed by atoms with E-state index in [2.05, 4.69) is 13.6 Å². The molecular formula is C26H38O10P2. The van der Waals surface area contributed by atoms with E-state index >= 15 is 0 Å². The van der Waals surface area contributed by atoms with Gasteiger partial charge in [0.05, 0.1) is 18.8 Å². The quantitative estimate of drug-likeness (QED) is 0.297. The fourth-order valence-electron chi connectivity index (χ4n) is 5.13. The minimum absolute atomic E-state index is 0.0849. The number of hydrogen-bond acceptors (Lipinski definition) is 10. The Morgan fingerprint density at radius 2 is 1.79 bits per heavy atom. The molecule has 1 aromatic carbocycles. The van der Waals surface area contributed by atoms with Gasteiger partial charge < -0.3 is 38.3 Å². The summed E-state index contributed by atoms with van der Waals surface area (Å²) in [5, 5.41) is 11.5. The lowest BCUT2D eigenvalue weighted by Crippen LogP contribution is -2.69. The predicted octanol–water partition coefficient (Wildman–Crippen LogP) is 3.05. The number of para-hydroxylation sites is 1. The summed E-state index contributed by atoms with van der Waals surface area (Å²) in [6.45, 7) is 10.9. The molecule has 3 aliphatic heterocycles. The normalized spacial score (nSPS) is 41.8. The first-order valence-electron chi connectivity index (χ1n) is 12.8. The fourth-order valence-corrected chi connectivity index (χ4v) is 6.93. The summed E-state index contributed by atoms with van der Waals surface area (Å²) < 4.78 is 41.7. The van der Waals surface area contributed by atoms with Crippen LogP contribution in [0.5, 0.6) is 5.75 Å². The van der Waals surface area contributed by atoms with Crippen LogP contribution in [0, 0.1) is 11.8 Å². The lowest BCUT2D eigenvalue weighted by molar-refractivity contribution is -0.354. The number of carbonyl (C=O) groups excluding carboxylic acids is 2. The monoisotopic (exact) mass is 572 g/mol. The second kappa shape index (κ2) is 12.5. The summed E-state index contributed by atoms with van der Waals surface area (Å²) in [6, 6.07) is 8.26. The smallest absolute Gasteiger partial charge is 0.343 e. The molecule has 3 heterocycles. The molecule has 38 heavy (non-hydrogen) atoms. The third-order valence-corrected chi connectivity index (χ3v) is 9.79. The van der Waals surface area contributed by atoms with Crippen LogP contribution >= 0.6 is 16.5 Å². The highest BCUT2D eigenvalue weighted by Crippen LogP contribution is 2.45. The van der Waals surface area contributed by atoms with Crippen molar-refractivity contribution < 1.29 is 47.9 Å². The van der Waals surface area contributed by atoms with Gasteiger partial charge in [0.2, 0.25) is 0 Å². The minimum Gasteiger partial charge on any atom is -0.456 e. The second-order valence-electron chi connectivity index (χ2n) is 10.2. The van der Waals surface area contributed by atoms with E-state index in [1.165, 1.54) is 13.8 Å². The second-order valence-corrected chi connectivity index (χ2v) is 13.9. The van der Waals surface area contributed by atoms with Crippen LogP contribution in [0.3, 0.4) is 0 Å². The van der Waals surface area contributed by atoms with Crippen LogP contribution in [0.2, 0.25) is 0 Å². The average Bonchev–Trinajstić information content (AvgIpc) is 2.87. The van der Waals surface area contributed by atoms with Gasteiger partial charge in [0.1, 0.15) is 23.6 Å². The van der Waals surface area contributed by atoms with E-state index < -0.39 is 48.2 Å². The highest BCUT2D eigenvalue weighted by molar-refractivity contribution is 8.11. The molecule has 3 aliphatic rings. The SMILES string of the molecule is CPPC1OCC2O[C@@H](OC3[C@H](C)OC(C(=O)Oc4ccccc4)[C@@](C)(O)[C@@H]3OC(C)=O)C(C)[C@@H](C)[C@@H]2O1. The van der Waals surface area contributed by atoms with Crippen molar-refractivity contribution in [3.05, 3.63) is 30.3 Å². The van der Waals surface area contributed by atoms with Gasteiger partial charge in [-0.05, 0) is 46.8 Å². The van der Waals surface area contributed by atoms with Crippen LogP contribution in [0.25, 0.3) is 0 Å². The Bertz CT molecular complexity index is 961. The first-order valence-corrected chi connectivity index (χ1v) is 16.4. The van der Waals surface area contributed by atoms with Gasteiger partial charge in [0, 0.05) is 12.8 Å². The molecule has 10 nitrogen and oxygen atoms in total. The maximum atomic E-state index is 13.0. The van der Waals surface area contributed by atoms with E-state index in [4.69, 9.17) is 33.2 Å². The topological polar surface area (TPSA) is 119 Å². The van der Waals surface area contributed by atoms with Crippen molar-refractivity contribution >= 4 is 28.5 Å². The average molecular weight is 573 g/mol. The summed E-state index contributed by atoms with van der Waals surface area (Å²) in [5.74, 6) is -1.12. The van der Waals surface area contributed by atoms with Gasteiger partial charge in [-0.1, -0.05) is 40.3 Å². The van der Waals surface area contributed by atoms with Gasteiger partial charge in [-0.3, -0.25) is 4.79 Å². The van der Waals surface area contributed by atoms with Gasteiger partial charge in [0.15, 0.2) is 24.5 Å². The molecule has 3 fully saturated rings. The van der Waals surface area contributed by atoms with Crippen molar-refractivity contribution in [3.8, 4) is 5.75 Å². The lowest BCUT2D eigenvalue weighted by Gasteiger charge is -2.51. The molecular weight excluding hydrogens is 534 g/mol. The molecule has 0 aliphatic carbocycles. The standard InChI is InChI=1S/C26H38O10P2/c1-13-14(2)24(34-18-12-30-25(38-37-6)36-19(13)18)35-20-15(3)31-22(26(5,29)21(20)32-16(4)27)23(28)33-17-10-8-7-9-11-17/h7-11,13-15,18-22,24-25,29,37-38H,12H2,1-6H3/t13-,14?,15+,18?,19+,20?,21-,22?,24+,25?,26+/m1/s1. The molecule has 212 valence electrons. The fraction of sp³-hybridized carbons (Fsp3) is 0.692. The zero-order valence-electron chi connectivity index (χ0n) is 22.5. The van der Waals surface area contributed by atoms with Crippen molar-refractivity contribution in [2.75, 3.05) is 13.3 Å². The molecule has 12 heteroatoms. The summed E-state index contributed by atoms with van der Waals surface area (Å²) >= 11 is 0. The minimum atomic E-state index is -1.95. The Labute approximate surface area is 226 Å². The van der Waals surface area contributed by atoms with Crippen LogP contribution in [-0.2, 0) is 38.0 Å². The van der Waals surface area contributed by atoms with Crippen LogP contribution < -0.4 is 4.74 Å². The molecule has 0 amide bonds. The number of fused-ring (bicyclic) bond motifs is 1. The van der Waals surface area contributed by atoms with E-state index in [-0.39, 0.29) is 30.1 Å². The first kappa shape index (κ1) is 29.8. The van der Waals surface area contributed by atoms with Crippen molar-refractivity contribution in [2.45, 2.75) is 89.2 Å². The molecule has 13 atom stereocenters. The van der Waals surface area contributed by atoms with Crippen molar-refractivity contribution in [1.82, 2.24) is 0 Å². The molecule has 0 radical (unpaired) electrons. The predicted molar refractivity (Wildman–Crippen MR) is 142 cm³/mol. The van der Waals surface area contributed by atoms with Crippen molar-refractivity contribution in [2.24, 2.45) is 11.8 Å². The molecule has 1 N–H and O–H groups in total. The number of rotatable bonds is 7. The number of aliphatic hydroxyl groups is 1. The summed E-state index contributed by atoms with van der Waals surface area (Å²) in [5.41, 5.74) is -1.95. The number of benzene rings is 1. The molecule has 0 saturated carbocycles. The summed E-state index contributed by atoms with van der Waals surface area (Å²) in [4.78, 5) is 25.1. The molecule has 0 aromatic heterocycles. The molecule has 0 spiro atoms. The van der Waals surface area contributed by atoms with E-state index in [0.29, 0.717) is 20.6 Å². The third-order valence-electron chi connectivity index (χ3n) is 7.39. The lowest BCUT2D eigenvalue weighted by atomic mass is 9.82. The van der Waals surface area contributed by atoms with Gasteiger partial charge in [-0.25, -0.2) is 4.79 Å². The zero-order chi connectivity index (χ0) is 27.6. The number of carbonyl (C=O) groups is 2. The molecule has 7 unspecified atom stereocenters. The Morgan fingerprint density at radius 3 is 2.45 bits per heavy atom. The largest absolute Gasteiger partial charge is 0.456 e. The summed E-state index contributed by atoms with van der Waals surface area (Å²) in [6.07, 6.45) is -5.48. The van der Waals surface area contributed by atoms with Gasteiger partial charge in [-0.2, -0.15) is 0 Å². The van der Waals surface area contributed by atoms with Gasteiger partial charge in [-0.15, -0.1) is 0 Å². The maximum absolute atomic E-state index is 13.0. The third kappa shape index (κ3) is 6.39. The maximum Gasteiger partial charge on any atom is 0.343 e. The highest BCUT2D eigenvalue weighted by atomic mass is 32.0. The Hall–Kier alpha value is -1.22. The van der Waals surface area contributed by atoms with Crippen molar-refractivity contribution in [3.63, 3.8) is 0 Å². The van der Waals surface area contributed by atoms with Crippen LogP contribution in [0.1, 0.15) is 34.6 Å². The van der Waals surface area contributed by atoms with Crippen LogP contribution in [0.15, 0.2) is 30.3 Å². The molecule has 3 saturated heterocycles. The number of esters is 2. The summed E-state index contributed by atoms with van der Waals surface area (Å²) in [7, 11) is 1.33. The number of hydrogen-bond donors (Lipinski definition) is 1. The Morgan fingerprint density at radius 1 is 1.08 bits per heavy atom. The first-order chi connectivity index (χ1) is 18.0. The van der Waals surface area contributed by atoms with E-state index in [0.717, 1.165) is 8.27 Å². The van der Waals surface area contributed by atoms with E-state index in [1.807, 2.05) is 6.92 Å². The Kier molecular flexibility index (Phi) is 9.81. The van der Waals surface area contributed by atoms with Crippen LogP contribution in [-0.4, -0.2) is 84.9 Å². The molecule has 1 aromatic rings. The highest BCUT2D eigenvalue weighted by Gasteiger charge is 2.59. The van der Waals surface area contributed by atoms with E-state index in [1.54, 1.807) is 37.3 Å². The van der Waals surface area contributed by atoms with Crippen LogP contribution in [0.4, 0.5) is 0 Å². The zero-order valence-corrected chi connectivity index (χ0v) is 24.5. The van der Waals surface area contributed by atoms with Gasteiger partial charge >= 0.3 is 11.9 Å². The Balaban J connectivity index is 1.51. The van der Waals surface area contributed by atoms with Crippen molar-refractivity contribution in [1.29, 1.82) is 0 Å².